The second kappa shape index (κ2) is 5.07. The highest BCUT2D eigenvalue weighted by Gasteiger charge is 2.42. The number of nitrogens with zero attached hydrogens (tertiary/aromatic N) is 2. The number of ether oxygens (including phenoxy) is 1. The first-order valence-corrected chi connectivity index (χ1v) is 7.02. The van der Waals surface area contributed by atoms with Crippen LogP contribution < -0.4 is 5.73 Å². The first kappa shape index (κ1) is 13.4. The van der Waals surface area contributed by atoms with Crippen LogP contribution in [0.5, 0.6) is 0 Å². The van der Waals surface area contributed by atoms with Crippen LogP contribution in [-0.4, -0.2) is 28.4 Å². The van der Waals surface area contributed by atoms with Gasteiger partial charge in [0.05, 0.1) is 11.0 Å². The normalized spacial score (nSPS) is 16.7. The lowest BCUT2D eigenvalue weighted by atomic mass is 10.0. The highest BCUT2D eigenvalue weighted by atomic mass is 16.5. The number of methoxy groups -OCH3 is 1. The first-order valence-electron chi connectivity index (χ1n) is 7.02. The summed E-state index contributed by atoms with van der Waals surface area (Å²) < 4.78 is 7.34. The van der Waals surface area contributed by atoms with Crippen molar-refractivity contribution >= 4 is 16.7 Å². The van der Waals surface area contributed by atoms with Crippen LogP contribution in [0.15, 0.2) is 18.2 Å². The molecule has 1 aromatic heterocycles. The van der Waals surface area contributed by atoms with Crippen molar-refractivity contribution in [2.24, 2.45) is 5.41 Å². The maximum absolute atomic E-state index is 9.54. The van der Waals surface area contributed by atoms with Crippen LogP contribution in [0.3, 0.4) is 0 Å². The Morgan fingerprint density at radius 2 is 2.25 bits per heavy atom. The molecule has 0 amide bonds. The fourth-order valence-electron chi connectivity index (χ4n) is 2.81. The zero-order valence-corrected chi connectivity index (χ0v) is 11.8. The van der Waals surface area contributed by atoms with E-state index in [1.54, 1.807) is 7.11 Å². The summed E-state index contributed by atoms with van der Waals surface area (Å²) in [5.74, 6) is 0.717. The average Bonchev–Trinajstić information content (AvgIpc) is 3.13. The number of aliphatic hydroxyl groups is 1. The highest BCUT2D eigenvalue weighted by molar-refractivity contribution is 5.79. The van der Waals surface area contributed by atoms with Crippen LogP contribution in [0.4, 0.5) is 5.69 Å². The molecular weight excluding hydrogens is 254 g/mol. The quantitative estimate of drug-likeness (QED) is 0.790. The zero-order valence-electron chi connectivity index (χ0n) is 11.8. The van der Waals surface area contributed by atoms with Gasteiger partial charge < -0.3 is 20.1 Å². The summed E-state index contributed by atoms with van der Waals surface area (Å²) in [6.45, 7) is 1.63. The maximum Gasteiger partial charge on any atom is 0.135 e. The number of aliphatic hydroxyl groups excluding tert-OH is 1. The molecular formula is C15H21N3O2. The molecule has 1 aromatic carbocycles. The maximum atomic E-state index is 9.54. The molecule has 108 valence electrons. The Bertz CT molecular complexity index is 617. The van der Waals surface area contributed by atoms with Gasteiger partial charge in [0.1, 0.15) is 12.4 Å². The number of aromatic nitrogens is 2. The average molecular weight is 275 g/mol. The van der Waals surface area contributed by atoms with Gasteiger partial charge in [-0.05, 0) is 42.9 Å². The van der Waals surface area contributed by atoms with Crippen molar-refractivity contribution in [2.45, 2.75) is 32.4 Å². The molecule has 0 saturated heterocycles. The molecule has 1 aliphatic carbocycles. The molecule has 0 unspecified atom stereocenters. The van der Waals surface area contributed by atoms with E-state index in [4.69, 9.17) is 10.5 Å². The summed E-state index contributed by atoms with van der Waals surface area (Å²) in [6, 6.07) is 5.74. The summed E-state index contributed by atoms with van der Waals surface area (Å²) in [6.07, 6.45) is 3.49. The lowest BCUT2D eigenvalue weighted by Crippen LogP contribution is -2.16. The monoisotopic (exact) mass is 275 g/mol. The van der Waals surface area contributed by atoms with E-state index in [0.717, 1.165) is 30.6 Å². The van der Waals surface area contributed by atoms with Crippen LogP contribution in [0, 0.1) is 5.41 Å². The van der Waals surface area contributed by atoms with Crippen molar-refractivity contribution in [3.8, 4) is 0 Å². The molecule has 2 aromatic rings. The van der Waals surface area contributed by atoms with Crippen molar-refractivity contribution in [2.75, 3.05) is 19.5 Å². The van der Waals surface area contributed by atoms with Crippen LogP contribution >= 0.6 is 0 Å². The standard InChI is InChI=1S/C15H21N3O2/c1-20-7-6-15(4-5-15)10-18-13-3-2-11(16)8-12(13)17-14(18)9-19/h2-3,8,19H,4-7,9-10,16H2,1H3. The Kier molecular flexibility index (Phi) is 3.40. The fourth-order valence-corrected chi connectivity index (χ4v) is 2.81. The van der Waals surface area contributed by atoms with Gasteiger partial charge >= 0.3 is 0 Å². The van der Waals surface area contributed by atoms with E-state index in [0.29, 0.717) is 16.9 Å². The lowest BCUT2D eigenvalue weighted by molar-refractivity contribution is 0.166. The number of fused-ring (bicyclic) bond motifs is 1. The number of anilines is 1. The molecule has 1 saturated carbocycles. The van der Waals surface area contributed by atoms with Crippen LogP contribution in [-0.2, 0) is 17.9 Å². The molecule has 1 heterocycles. The molecule has 0 bridgehead atoms. The van der Waals surface area contributed by atoms with Crippen LogP contribution in [0.1, 0.15) is 25.1 Å². The molecule has 5 nitrogen and oxygen atoms in total. The summed E-state index contributed by atoms with van der Waals surface area (Å²) in [5, 5.41) is 9.54. The fraction of sp³-hybridized carbons (Fsp3) is 0.533. The lowest BCUT2D eigenvalue weighted by Gasteiger charge is -2.17. The zero-order chi connectivity index (χ0) is 14.2. The minimum absolute atomic E-state index is 0.0467. The van der Waals surface area contributed by atoms with E-state index in [1.165, 1.54) is 12.8 Å². The SMILES string of the molecule is COCCC1(Cn2c(CO)nc3cc(N)ccc32)CC1. The number of imidazole rings is 1. The minimum atomic E-state index is -0.0467. The van der Waals surface area contributed by atoms with Crippen molar-refractivity contribution < 1.29 is 9.84 Å². The highest BCUT2D eigenvalue weighted by Crippen LogP contribution is 2.50. The van der Waals surface area contributed by atoms with Crippen molar-refractivity contribution in [1.29, 1.82) is 0 Å². The van der Waals surface area contributed by atoms with E-state index in [9.17, 15) is 5.11 Å². The summed E-state index contributed by atoms with van der Waals surface area (Å²) in [7, 11) is 1.74. The molecule has 20 heavy (non-hydrogen) atoms. The van der Waals surface area contributed by atoms with Crippen molar-refractivity contribution in [3.05, 3.63) is 24.0 Å². The molecule has 0 aliphatic heterocycles. The minimum Gasteiger partial charge on any atom is -0.399 e. The van der Waals surface area contributed by atoms with E-state index < -0.39 is 0 Å². The molecule has 0 atom stereocenters. The van der Waals surface area contributed by atoms with Gasteiger partial charge in [-0.25, -0.2) is 4.98 Å². The van der Waals surface area contributed by atoms with Gasteiger partial charge in [-0.3, -0.25) is 0 Å². The molecule has 3 rings (SSSR count). The number of benzene rings is 1. The molecule has 1 fully saturated rings. The number of nitrogen functional groups attached to an aromatic ring is 1. The van der Waals surface area contributed by atoms with E-state index in [1.807, 2.05) is 18.2 Å². The second-order valence-electron chi connectivity index (χ2n) is 5.76. The van der Waals surface area contributed by atoms with Gasteiger partial charge in [-0.2, -0.15) is 0 Å². The Balaban J connectivity index is 1.94. The Hall–Kier alpha value is -1.59. The van der Waals surface area contributed by atoms with Gasteiger partial charge in [0.25, 0.3) is 0 Å². The largest absolute Gasteiger partial charge is 0.399 e. The molecule has 3 N–H and O–H groups in total. The number of hydrogen-bond acceptors (Lipinski definition) is 4. The Morgan fingerprint density at radius 1 is 1.45 bits per heavy atom. The van der Waals surface area contributed by atoms with Gasteiger partial charge in [0.15, 0.2) is 0 Å². The van der Waals surface area contributed by atoms with E-state index >= 15 is 0 Å². The topological polar surface area (TPSA) is 73.3 Å². The van der Waals surface area contributed by atoms with Gasteiger partial charge in [0.2, 0.25) is 0 Å². The predicted octanol–water partition coefficient (Wildman–Crippen LogP) is 1.93. The number of rotatable bonds is 6. The molecule has 1 aliphatic rings. The molecule has 0 radical (unpaired) electrons. The smallest absolute Gasteiger partial charge is 0.135 e. The summed E-state index contributed by atoms with van der Waals surface area (Å²) in [5.41, 5.74) is 8.72. The Labute approximate surface area is 118 Å². The summed E-state index contributed by atoms with van der Waals surface area (Å²) in [4.78, 5) is 4.49. The molecule has 0 spiro atoms. The van der Waals surface area contributed by atoms with Crippen LogP contribution in [0.25, 0.3) is 11.0 Å². The predicted molar refractivity (Wildman–Crippen MR) is 78.2 cm³/mol. The van der Waals surface area contributed by atoms with Gasteiger partial charge in [-0.15, -0.1) is 0 Å². The van der Waals surface area contributed by atoms with Gasteiger partial charge in [0, 0.05) is 25.9 Å². The number of hydrogen-bond donors (Lipinski definition) is 2. The Morgan fingerprint density at radius 3 is 2.90 bits per heavy atom. The van der Waals surface area contributed by atoms with Gasteiger partial charge in [-0.1, -0.05) is 0 Å². The van der Waals surface area contributed by atoms with Crippen molar-refractivity contribution in [3.63, 3.8) is 0 Å². The summed E-state index contributed by atoms with van der Waals surface area (Å²) >= 11 is 0. The van der Waals surface area contributed by atoms with Crippen LogP contribution in [0.2, 0.25) is 0 Å². The first-order chi connectivity index (χ1) is 9.67. The third kappa shape index (κ3) is 2.39. The number of nitrogens with two attached hydrogens (primary N) is 1. The van der Waals surface area contributed by atoms with E-state index in [2.05, 4.69) is 9.55 Å². The third-order valence-corrected chi connectivity index (χ3v) is 4.28. The third-order valence-electron chi connectivity index (χ3n) is 4.28. The van der Waals surface area contributed by atoms with E-state index in [-0.39, 0.29) is 6.61 Å². The van der Waals surface area contributed by atoms with Crippen molar-refractivity contribution in [1.82, 2.24) is 9.55 Å². The molecule has 5 heteroatoms. The second-order valence-corrected chi connectivity index (χ2v) is 5.76.